The van der Waals surface area contributed by atoms with Gasteiger partial charge in [-0.2, -0.15) is 0 Å². The summed E-state index contributed by atoms with van der Waals surface area (Å²) in [6.45, 7) is 1.04. The van der Waals surface area contributed by atoms with Crippen LogP contribution in [0.3, 0.4) is 0 Å². The first kappa shape index (κ1) is 26.0. The molecular formula is C30H50O4. The second-order valence-electron chi connectivity index (χ2n) is 12.0. The van der Waals surface area contributed by atoms with Crippen molar-refractivity contribution in [2.45, 2.75) is 128 Å². The van der Waals surface area contributed by atoms with Crippen LogP contribution in [0.15, 0.2) is 0 Å². The van der Waals surface area contributed by atoms with Crippen LogP contribution in [0.5, 0.6) is 0 Å². The van der Waals surface area contributed by atoms with Crippen molar-refractivity contribution in [2.75, 3.05) is 13.2 Å². The van der Waals surface area contributed by atoms with Crippen LogP contribution < -0.4 is 0 Å². The number of carbonyl (C=O) groups is 2. The Hall–Kier alpha value is -1.06. The molecular weight excluding hydrogens is 424 g/mol. The summed E-state index contributed by atoms with van der Waals surface area (Å²) in [6.07, 6.45) is 24.4. The van der Waals surface area contributed by atoms with Crippen LogP contribution in [-0.4, -0.2) is 25.2 Å². The predicted molar refractivity (Wildman–Crippen MR) is 135 cm³/mol. The molecule has 4 atom stereocenters. The zero-order chi connectivity index (χ0) is 23.6. The van der Waals surface area contributed by atoms with Gasteiger partial charge in [-0.3, -0.25) is 9.59 Å². The van der Waals surface area contributed by atoms with E-state index in [0.29, 0.717) is 13.2 Å². The van der Waals surface area contributed by atoms with Crippen molar-refractivity contribution >= 4 is 11.9 Å². The third kappa shape index (κ3) is 7.72. The monoisotopic (exact) mass is 474 g/mol. The number of esters is 2. The van der Waals surface area contributed by atoms with Crippen molar-refractivity contribution in [1.82, 2.24) is 0 Å². The minimum atomic E-state index is -0.239. The molecule has 4 aliphatic rings. The Morgan fingerprint density at radius 2 is 0.912 bits per heavy atom. The molecule has 4 fully saturated rings. The summed E-state index contributed by atoms with van der Waals surface area (Å²) in [7, 11) is 0. The van der Waals surface area contributed by atoms with Gasteiger partial charge in [-0.15, -0.1) is 0 Å². The Morgan fingerprint density at radius 3 is 1.32 bits per heavy atom. The number of rotatable bonds is 11. The van der Waals surface area contributed by atoms with Crippen molar-refractivity contribution in [3.8, 4) is 0 Å². The van der Waals surface area contributed by atoms with E-state index in [-0.39, 0.29) is 24.8 Å². The van der Waals surface area contributed by atoms with Crippen LogP contribution in [0.4, 0.5) is 0 Å². The molecule has 4 unspecified atom stereocenters. The standard InChI is InChI=1S/C30H50O4/c31-29(33-21-19-25-13-7-15-27(25)23-9-3-1-4-10-23)17-18-30(32)34-22-20-26-14-8-16-28(26)24-11-5-2-6-12-24/h23-28H,1-22H2. The molecule has 34 heavy (non-hydrogen) atoms. The number of hydrogen-bond donors (Lipinski definition) is 0. The van der Waals surface area contributed by atoms with E-state index in [1.807, 2.05) is 0 Å². The minimum absolute atomic E-state index is 0.156. The van der Waals surface area contributed by atoms with Crippen molar-refractivity contribution in [1.29, 1.82) is 0 Å². The van der Waals surface area contributed by atoms with E-state index < -0.39 is 0 Å². The Bertz CT molecular complexity index is 565. The van der Waals surface area contributed by atoms with Crippen molar-refractivity contribution < 1.29 is 19.1 Å². The predicted octanol–water partition coefficient (Wildman–Crippen LogP) is 7.63. The Balaban J connectivity index is 1.05. The molecule has 0 aromatic heterocycles. The average Bonchev–Trinajstić information content (AvgIpc) is 3.54. The van der Waals surface area contributed by atoms with E-state index in [1.165, 1.54) is 103 Å². The summed E-state index contributed by atoms with van der Waals surface area (Å²) in [6, 6.07) is 0. The maximum absolute atomic E-state index is 12.2. The summed E-state index contributed by atoms with van der Waals surface area (Å²) in [5, 5.41) is 0. The van der Waals surface area contributed by atoms with E-state index in [0.717, 1.165) is 48.3 Å². The van der Waals surface area contributed by atoms with Gasteiger partial charge in [0.2, 0.25) is 0 Å². The van der Waals surface area contributed by atoms with Crippen molar-refractivity contribution in [2.24, 2.45) is 35.5 Å². The lowest BCUT2D eigenvalue weighted by Gasteiger charge is -2.31. The quantitative estimate of drug-likeness (QED) is 0.289. The third-order valence-corrected chi connectivity index (χ3v) is 9.98. The molecule has 4 rings (SSSR count). The van der Waals surface area contributed by atoms with Gasteiger partial charge in [0, 0.05) is 0 Å². The molecule has 0 N–H and O–H groups in total. The molecule has 4 heteroatoms. The van der Waals surface area contributed by atoms with Gasteiger partial charge in [0.1, 0.15) is 0 Å². The van der Waals surface area contributed by atoms with E-state index in [2.05, 4.69) is 0 Å². The zero-order valence-corrected chi connectivity index (χ0v) is 21.7. The normalized spacial score (nSPS) is 30.9. The fraction of sp³-hybridized carbons (Fsp3) is 0.933. The minimum Gasteiger partial charge on any atom is -0.466 e. The van der Waals surface area contributed by atoms with E-state index in [1.54, 1.807) is 0 Å². The lowest BCUT2D eigenvalue weighted by atomic mass is 9.75. The van der Waals surface area contributed by atoms with Crippen molar-refractivity contribution in [3.63, 3.8) is 0 Å². The number of ether oxygens (including phenoxy) is 2. The van der Waals surface area contributed by atoms with Gasteiger partial charge in [0.25, 0.3) is 0 Å². The highest BCUT2D eigenvalue weighted by atomic mass is 16.5. The molecule has 0 aromatic rings. The van der Waals surface area contributed by atoms with Gasteiger partial charge in [-0.25, -0.2) is 0 Å². The smallest absolute Gasteiger partial charge is 0.306 e. The molecule has 4 saturated carbocycles. The third-order valence-electron chi connectivity index (χ3n) is 9.98. The Labute approximate surface area is 208 Å². The summed E-state index contributed by atoms with van der Waals surface area (Å²) in [4.78, 5) is 24.4. The van der Waals surface area contributed by atoms with Gasteiger partial charge < -0.3 is 9.47 Å². The van der Waals surface area contributed by atoms with Crippen LogP contribution in [0.2, 0.25) is 0 Å². The highest BCUT2D eigenvalue weighted by Crippen LogP contribution is 2.45. The summed E-state index contributed by atoms with van der Waals surface area (Å²) < 4.78 is 11.0. The van der Waals surface area contributed by atoms with Gasteiger partial charge in [0.05, 0.1) is 26.1 Å². The molecule has 0 saturated heterocycles. The first-order valence-corrected chi connectivity index (χ1v) is 15.0. The molecule has 0 aliphatic heterocycles. The second kappa shape index (κ2) is 13.9. The molecule has 0 heterocycles. The maximum Gasteiger partial charge on any atom is 0.306 e. The fourth-order valence-electron chi connectivity index (χ4n) is 8.21. The second-order valence-corrected chi connectivity index (χ2v) is 12.0. The Kier molecular flexibility index (Phi) is 10.6. The molecule has 0 radical (unpaired) electrons. The molecule has 0 spiro atoms. The van der Waals surface area contributed by atoms with Crippen LogP contribution in [0.25, 0.3) is 0 Å². The summed E-state index contributed by atoms with van der Waals surface area (Å²) >= 11 is 0. The topological polar surface area (TPSA) is 52.6 Å². The van der Waals surface area contributed by atoms with E-state index in [4.69, 9.17) is 9.47 Å². The first-order valence-electron chi connectivity index (χ1n) is 15.0. The lowest BCUT2D eigenvalue weighted by Crippen LogP contribution is -2.23. The Morgan fingerprint density at radius 1 is 0.500 bits per heavy atom. The summed E-state index contributed by atoms with van der Waals surface area (Å²) in [5.74, 6) is 4.51. The molecule has 194 valence electrons. The van der Waals surface area contributed by atoms with Crippen LogP contribution in [-0.2, 0) is 19.1 Å². The van der Waals surface area contributed by atoms with Gasteiger partial charge in [0.15, 0.2) is 0 Å². The average molecular weight is 475 g/mol. The highest BCUT2D eigenvalue weighted by molar-refractivity contribution is 5.77. The zero-order valence-electron chi connectivity index (χ0n) is 21.7. The van der Waals surface area contributed by atoms with E-state index >= 15 is 0 Å². The van der Waals surface area contributed by atoms with Crippen LogP contribution in [0, 0.1) is 35.5 Å². The first-order chi connectivity index (χ1) is 16.7. The van der Waals surface area contributed by atoms with Crippen LogP contribution >= 0.6 is 0 Å². The molecule has 4 aliphatic carbocycles. The van der Waals surface area contributed by atoms with Crippen molar-refractivity contribution in [3.05, 3.63) is 0 Å². The highest BCUT2D eigenvalue weighted by Gasteiger charge is 2.35. The molecule has 0 amide bonds. The molecule has 4 nitrogen and oxygen atoms in total. The molecule has 0 bridgehead atoms. The lowest BCUT2D eigenvalue weighted by molar-refractivity contribution is -0.150. The van der Waals surface area contributed by atoms with Gasteiger partial charge >= 0.3 is 11.9 Å². The molecule has 0 aromatic carbocycles. The SMILES string of the molecule is O=C(CCC(=O)OCCC1CCCC1C1CCCCC1)OCCC1CCCC1C1CCCCC1. The van der Waals surface area contributed by atoms with Gasteiger partial charge in [-0.05, 0) is 61.2 Å². The van der Waals surface area contributed by atoms with E-state index in [9.17, 15) is 9.59 Å². The largest absolute Gasteiger partial charge is 0.466 e. The number of carbonyl (C=O) groups excluding carboxylic acids is 2. The fourth-order valence-corrected chi connectivity index (χ4v) is 8.21. The van der Waals surface area contributed by atoms with Gasteiger partial charge in [-0.1, -0.05) is 89.9 Å². The van der Waals surface area contributed by atoms with Crippen LogP contribution in [0.1, 0.15) is 128 Å². The maximum atomic E-state index is 12.2. The number of hydrogen-bond acceptors (Lipinski definition) is 4. The summed E-state index contributed by atoms with van der Waals surface area (Å²) in [5.41, 5.74) is 0.